The number of hydrogen-bond donors (Lipinski definition) is 1. The van der Waals surface area contributed by atoms with E-state index in [4.69, 9.17) is 4.74 Å². The first kappa shape index (κ1) is 21.2. The van der Waals surface area contributed by atoms with Crippen molar-refractivity contribution in [3.8, 4) is 5.88 Å². The maximum absolute atomic E-state index is 13.1. The molecule has 0 aliphatic carbocycles. The number of aromatic nitrogens is 1. The molecule has 0 radical (unpaired) electrons. The van der Waals surface area contributed by atoms with Crippen molar-refractivity contribution < 1.29 is 9.13 Å². The lowest BCUT2D eigenvalue weighted by Crippen LogP contribution is -2.52. The van der Waals surface area contributed by atoms with E-state index in [9.17, 15) is 4.39 Å². The van der Waals surface area contributed by atoms with Gasteiger partial charge in [-0.1, -0.05) is 6.07 Å². The fourth-order valence-corrected chi connectivity index (χ4v) is 2.98. The fourth-order valence-electron chi connectivity index (χ4n) is 2.98. The predicted octanol–water partition coefficient (Wildman–Crippen LogP) is 2.74. The van der Waals surface area contributed by atoms with Gasteiger partial charge in [0.1, 0.15) is 5.82 Å². The number of rotatable bonds is 4. The number of nitrogens with one attached hydrogen (secondary N) is 1. The van der Waals surface area contributed by atoms with Crippen LogP contribution in [0.25, 0.3) is 0 Å². The molecule has 6 nitrogen and oxygen atoms in total. The molecule has 0 atom stereocenters. The highest BCUT2D eigenvalue weighted by molar-refractivity contribution is 14.0. The number of hydrogen-bond acceptors (Lipinski definition) is 4. The van der Waals surface area contributed by atoms with Crippen LogP contribution in [0.1, 0.15) is 5.56 Å². The molecule has 1 aromatic heterocycles. The summed E-state index contributed by atoms with van der Waals surface area (Å²) in [4.78, 5) is 13.1. The van der Waals surface area contributed by atoms with Gasteiger partial charge in [-0.15, -0.1) is 24.0 Å². The topological polar surface area (TPSA) is 53.0 Å². The van der Waals surface area contributed by atoms with Gasteiger partial charge >= 0.3 is 0 Å². The zero-order chi connectivity index (χ0) is 18.4. The van der Waals surface area contributed by atoms with Gasteiger partial charge in [0.2, 0.25) is 5.88 Å². The van der Waals surface area contributed by atoms with Gasteiger partial charge < -0.3 is 19.9 Å². The molecule has 1 aromatic carbocycles. The Morgan fingerprint density at radius 3 is 2.41 bits per heavy atom. The Balaban J connectivity index is 0.00000261. The Hall–Kier alpha value is -2.10. The number of pyridine rings is 1. The lowest BCUT2D eigenvalue weighted by atomic mass is 10.2. The van der Waals surface area contributed by atoms with E-state index in [-0.39, 0.29) is 29.8 Å². The maximum Gasteiger partial charge on any atom is 0.212 e. The Morgan fingerprint density at radius 1 is 1.15 bits per heavy atom. The van der Waals surface area contributed by atoms with Crippen molar-refractivity contribution in [3.05, 3.63) is 54.0 Å². The van der Waals surface area contributed by atoms with E-state index in [1.165, 1.54) is 12.1 Å². The van der Waals surface area contributed by atoms with Crippen molar-refractivity contribution >= 4 is 35.6 Å². The summed E-state index contributed by atoms with van der Waals surface area (Å²) in [5.41, 5.74) is 2.12. The zero-order valence-corrected chi connectivity index (χ0v) is 17.9. The third-order valence-corrected chi connectivity index (χ3v) is 4.44. The minimum Gasteiger partial charge on any atom is -0.481 e. The number of anilines is 1. The second-order valence-corrected chi connectivity index (χ2v) is 6.06. The average molecular weight is 485 g/mol. The fraction of sp³-hybridized carbons (Fsp3) is 0.368. The lowest BCUT2D eigenvalue weighted by molar-refractivity contribution is 0.372. The molecular formula is C19H25FIN5O. The zero-order valence-electron chi connectivity index (χ0n) is 15.6. The molecule has 0 amide bonds. The van der Waals surface area contributed by atoms with E-state index in [1.807, 2.05) is 24.3 Å². The molecule has 0 saturated carbocycles. The highest BCUT2D eigenvalue weighted by atomic mass is 127. The molecule has 0 spiro atoms. The van der Waals surface area contributed by atoms with E-state index in [2.05, 4.69) is 25.1 Å². The third kappa shape index (κ3) is 5.69. The number of piperazine rings is 1. The molecule has 2 heterocycles. The molecule has 1 saturated heterocycles. The summed E-state index contributed by atoms with van der Waals surface area (Å²) in [7, 11) is 3.40. The van der Waals surface area contributed by atoms with Crippen LogP contribution in [0.2, 0.25) is 0 Å². The second-order valence-electron chi connectivity index (χ2n) is 6.06. The number of halogens is 2. The lowest BCUT2D eigenvalue weighted by Gasteiger charge is -2.37. The SMILES string of the molecule is CN=C(NCc1ccc(OC)nc1)N1CCN(c2ccc(F)cc2)CC1.I. The van der Waals surface area contributed by atoms with E-state index in [0.29, 0.717) is 12.4 Å². The molecule has 2 aromatic rings. The normalized spacial score (nSPS) is 14.6. The van der Waals surface area contributed by atoms with Crippen molar-refractivity contribution in [2.24, 2.45) is 4.99 Å². The van der Waals surface area contributed by atoms with Gasteiger partial charge in [-0.25, -0.2) is 9.37 Å². The molecule has 146 valence electrons. The van der Waals surface area contributed by atoms with Gasteiger partial charge in [-0.3, -0.25) is 4.99 Å². The summed E-state index contributed by atoms with van der Waals surface area (Å²) < 4.78 is 18.1. The maximum atomic E-state index is 13.1. The number of guanidine groups is 1. The van der Waals surface area contributed by atoms with Gasteiger partial charge in [0.25, 0.3) is 0 Å². The number of nitrogens with zero attached hydrogens (tertiary/aromatic N) is 4. The molecule has 1 fully saturated rings. The van der Waals surface area contributed by atoms with E-state index in [1.54, 1.807) is 20.4 Å². The van der Waals surface area contributed by atoms with Crippen LogP contribution in [0.5, 0.6) is 5.88 Å². The van der Waals surface area contributed by atoms with E-state index < -0.39 is 0 Å². The molecule has 27 heavy (non-hydrogen) atoms. The Morgan fingerprint density at radius 2 is 1.85 bits per heavy atom. The van der Waals surface area contributed by atoms with Crippen LogP contribution in [0.4, 0.5) is 10.1 Å². The summed E-state index contributed by atoms with van der Waals surface area (Å²) >= 11 is 0. The monoisotopic (exact) mass is 485 g/mol. The summed E-state index contributed by atoms with van der Waals surface area (Å²) in [5, 5.41) is 3.38. The number of benzene rings is 1. The number of aliphatic imine (C=N–C) groups is 1. The molecule has 0 bridgehead atoms. The minimum absolute atomic E-state index is 0. The molecule has 0 unspecified atom stereocenters. The predicted molar refractivity (Wildman–Crippen MR) is 117 cm³/mol. The molecule has 3 rings (SSSR count). The Bertz CT molecular complexity index is 731. The number of ether oxygens (including phenoxy) is 1. The van der Waals surface area contributed by atoms with Crippen molar-refractivity contribution in [1.29, 1.82) is 0 Å². The number of methoxy groups -OCH3 is 1. The average Bonchev–Trinajstić information content (AvgIpc) is 2.70. The Kier molecular flexibility index (Phi) is 8.08. The summed E-state index contributed by atoms with van der Waals surface area (Å²) in [5.74, 6) is 1.28. The van der Waals surface area contributed by atoms with Crippen LogP contribution in [0.15, 0.2) is 47.6 Å². The van der Waals surface area contributed by atoms with Crippen LogP contribution in [-0.2, 0) is 6.54 Å². The van der Waals surface area contributed by atoms with Crippen LogP contribution in [0, 0.1) is 5.82 Å². The molecule has 1 aliphatic heterocycles. The van der Waals surface area contributed by atoms with Crippen LogP contribution >= 0.6 is 24.0 Å². The largest absolute Gasteiger partial charge is 0.481 e. The first-order valence-electron chi connectivity index (χ1n) is 8.64. The summed E-state index contributed by atoms with van der Waals surface area (Å²) in [6, 6.07) is 10.5. The van der Waals surface area contributed by atoms with Crippen LogP contribution in [-0.4, -0.2) is 56.2 Å². The van der Waals surface area contributed by atoms with Crippen molar-refractivity contribution in [2.75, 3.05) is 45.2 Å². The molecule has 1 aliphatic rings. The van der Waals surface area contributed by atoms with Crippen molar-refractivity contribution in [1.82, 2.24) is 15.2 Å². The van der Waals surface area contributed by atoms with E-state index >= 15 is 0 Å². The highest BCUT2D eigenvalue weighted by Crippen LogP contribution is 2.17. The third-order valence-electron chi connectivity index (χ3n) is 4.44. The van der Waals surface area contributed by atoms with Crippen LogP contribution in [0.3, 0.4) is 0 Å². The second kappa shape index (κ2) is 10.3. The van der Waals surface area contributed by atoms with Gasteiger partial charge in [-0.2, -0.15) is 0 Å². The minimum atomic E-state index is -0.204. The quantitative estimate of drug-likeness (QED) is 0.410. The van der Waals surface area contributed by atoms with Crippen molar-refractivity contribution in [3.63, 3.8) is 0 Å². The first-order chi connectivity index (χ1) is 12.7. The first-order valence-corrected chi connectivity index (χ1v) is 8.64. The molecule has 8 heteroatoms. The smallest absolute Gasteiger partial charge is 0.212 e. The Labute approximate surface area is 176 Å². The standard InChI is InChI=1S/C19H24FN5O.HI/c1-21-19(23-14-15-3-8-18(26-2)22-13-15)25-11-9-24(10-12-25)17-6-4-16(20)5-7-17;/h3-8,13H,9-12,14H2,1-2H3,(H,21,23);1H. The van der Waals surface area contributed by atoms with E-state index in [0.717, 1.165) is 43.4 Å². The van der Waals surface area contributed by atoms with Crippen LogP contribution < -0.4 is 15.0 Å². The van der Waals surface area contributed by atoms with Gasteiger partial charge in [0, 0.05) is 57.7 Å². The molecular weight excluding hydrogens is 460 g/mol. The highest BCUT2D eigenvalue weighted by Gasteiger charge is 2.19. The van der Waals surface area contributed by atoms with Gasteiger partial charge in [-0.05, 0) is 29.8 Å². The summed E-state index contributed by atoms with van der Waals surface area (Å²) in [6.45, 7) is 4.12. The van der Waals surface area contributed by atoms with Gasteiger partial charge in [0.15, 0.2) is 5.96 Å². The molecule has 1 N–H and O–H groups in total. The van der Waals surface area contributed by atoms with Crippen molar-refractivity contribution in [2.45, 2.75) is 6.54 Å². The van der Waals surface area contributed by atoms with Gasteiger partial charge in [0.05, 0.1) is 7.11 Å². The summed E-state index contributed by atoms with van der Waals surface area (Å²) in [6.07, 6.45) is 1.80.